The molecule has 130 valence electrons. The molecule has 0 aliphatic carbocycles. The van der Waals surface area contributed by atoms with Gasteiger partial charge in [-0.15, -0.1) is 0 Å². The standard InChI is InChI=1S/C20H22N2O3/c1-14-5-3-4-6-19(14)25-13-20(24)21-12-18(23)16-7-8-17-15(11-16)9-10-22(17)2/h3-11,18,23H,12-13H2,1-2H3,(H,21,24). The highest BCUT2D eigenvalue weighted by Gasteiger charge is 2.11. The monoisotopic (exact) mass is 338 g/mol. The maximum absolute atomic E-state index is 11.9. The van der Waals surface area contributed by atoms with Gasteiger partial charge in [-0.25, -0.2) is 0 Å². The number of benzene rings is 2. The molecule has 0 aliphatic heterocycles. The third kappa shape index (κ3) is 4.00. The zero-order valence-electron chi connectivity index (χ0n) is 14.4. The predicted octanol–water partition coefficient (Wildman–Crippen LogP) is 2.72. The molecule has 0 bridgehead atoms. The van der Waals surface area contributed by atoms with Gasteiger partial charge in [-0.2, -0.15) is 0 Å². The highest BCUT2D eigenvalue weighted by Crippen LogP contribution is 2.21. The molecule has 2 aromatic carbocycles. The molecule has 0 aliphatic rings. The summed E-state index contributed by atoms with van der Waals surface area (Å²) in [5, 5.41) is 14.1. The minimum Gasteiger partial charge on any atom is -0.484 e. The van der Waals surface area contributed by atoms with Gasteiger partial charge < -0.3 is 19.7 Å². The van der Waals surface area contributed by atoms with Gasteiger partial charge >= 0.3 is 0 Å². The van der Waals surface area contributed by atoms with Gasteiger partial charge in [0, 0.05) is 25.3 Å². The van der Waals surface area contributed by atoms with E-state index < -0.39 is 6.10 Å². The van der Waals surface area contributed by atoms with Crippen molar-refractivity contribution in [1.82, 2.24) is 9.88 Å². The van der Waals surface area contributed by atoms with Gasteiger partial charge in [0.05, 0.1) is 6.10 Å². The summed E-state index contributed by atoms with van der Waals surface area (Å²) >= 11 is 0. The Morgan fingerprint density at radius 3 is 2.84 bits per heavy atom. The summed E-state index contributed by atoms with van der Waals surface area (Å²) in [4.78, 5) is 11.9. The normalized spacial score (nSPS) is 12.1. The summed E-state index contributed by atoms with van der Waals surface area (Å²) in [6.45, 7) is 2.00. The fourth-order valence-electron chi connectivity index (χ4n) is 2.75. The van der Waals surface area contributed by atoms with Gasteiger partial charge in [0.1, 0.15) is 5.75 Å². The van der Waals surface area contributed by atoms with Crippen LogP contribution in [-0.4, -0.2) is 28.7 Å². The number of carbonyl (C=O) groups excluding carboxylic acids is 1. The maximum Gasteiger partial charge on any atom is 0.258 e. The summed E-state index contributed by atoms with van der Waals surface area (Å²) in [5.74, 6) is 0.427. The summed E-state index contributed by atoms with van der Waals surface area (Å²) in [7, 11) is 1.98. The molecule has 1 amide bonds. The summed E-state index contributed by atoms with van der Waals surface area (Å²) in [6.07, 6.45) is 1.22. The fraction of sp³-hybridized carbons (Fsp3) is 0.250. The van der Waals surface area contributed by atoms with Crippen LogP contribution in [-0.2, 0) is 11.8 Å². The Bertz CT molecular complexity index is 886. The molecule has 2 N–H and O–H groups in total. The molecule has 0 saturated heterocycles. The molecule has 3 rings (SSSR count). The Kier molecular flexibility index (Phi) is 5.05. The van der Waals surface area contributed by atoms with Crippen molar-refractivity contribution in [3.05, 3.63) is 65.9 Å². The van der Waals surface area contributed by atoms with Gasteiger partial charge in [-0.3, -0.25) is 4.79 Å². The van der Waals surface area contributed by atoms with Crippen LogP contribution in [0.2, 0.25) is 0 Å². The van der Waals surface area contributed by atoms with Crippen LogP contribution in [0.1, 0.15) is 17.2 Å². The highest BCUT2D eigenvalue weighted by atomic mass is 16.5. The zero-order valence-corrected chi connectivity index (χ0v) is 14.4. The van der Waals surface area contributed by atoms with Gasteiger partial charge in [0.2, 0.25) is 0 Å². The number of rotatable bonds is 6. The molecule has 0 radical (unpaired) electrons. The quantitative estimate of drug-likeness (QED) is 0.726. The van der Waals surface area contributed by atoms with Crippen molar-refractivity contribution in [3.8, 4) is 5.75 Å². The third-order valence-electron chi connectivity index (χ3n) is 4.24. The number of fused-ring (bicyclic) bond motifs is 1. The molecule has 0 spiro atoms. The van der Waals surface area contributed by atoms with Crippen molar-refractivity contribution in [3.63, 3.8) is 0 Å². The van der Waals surface area contributed by atoms with E-state index in [2.05, 4.69) is 5.32 Å². The summed E-state index contributed by atoms with van der Waals surface area (Å²) in [6, 6.07) is 15.3. The van der Waals surface area contributed by atoms with Crippen molar-refractivity contribution in [2.75, 3.05) is 13.2 Å². The molecule has 1 unspecified atom stereocenters. The third-order valence-corrected chi connectivity index (χ3v) is 4.24. The van der Waals surface area contributed by atoms with Crippen LogP contribution in [0.5, 0.6) is 5.75 Å². The lowest BCUT2D eigenvalue weighted by atomic mass is 10.1. The second-order valence-electron chi connectivity index (χ2n) is 6.12. The van der Waals surface area contributed by atoms with E-state index in [4.69, 9.17) is 4.74 Å². The number of nitrogens with zero attached hydrogens (tertiary/aromatic N) is 1. The number of hydrogen-bond acceptors (Lipinski definition) is 3. The summed E-state index contributed by atoms with van der Waals surface area (Å²) in [5.41, 5.74) is 2.86. The van der Waals surface area contributed by atoms with Gasteiger partial charge in [-0.05, 0) is 47.7 Å². The second kappa shape index (κ2) is 7.40. The molecule has 3 aromatic rings. The second-order valence-corrected chi connectivity index (χ2v) is 6.12. The van der Waals surface area contributed by atoms with Crippen molar-refractivity contribution in [2.45, 2.75) is 13.0 Å². The molecule has 0 fully saturated rings. The van der Waals surface area contributed by atoms with Crippen molar-refractivity contribution in [2.24, 2.45) is 7.05 Å². The van der Waals surface area contributed by atoms with E-state index in [-0.39, 0.29) is 19.1 Å². The lowest BCUT2D eigenvalue weighted by molar-refractivity contribution is -0.123. The van der Waals surface area contributed by atoms with Crippen molar-refractivity contribution >= 4 is 16.8 Å². The minimum absolute atomic E-state index is 0.0741. The Morgan fingerprint density at radius 2 is 2.04 bits per heavy atom. The Morgan fingerprint density at radius 1 is 1.24 bits per heavy atom. The van der Waals surface area contributed by atoms with Gasteiger partial charge in [-0.1, -0.05) is 24.3 Å². The molecule has 25 heavy (non-hydrogen) atoms. The number of aliphatic hydroxyl groups is 1. The number of aryl methyl sites for hydroxylation is 2. The van der Waals surface area contributed by atoms with E-state index in [9.17, 15) is 9.90 Å². The van der Waals surface area contributed by atoms with Crippen molar-refractivity contribution < 1.29 is 14.6 Å². The SMILES string of the molecule is Cc1ccccc1OCC(=O)NCC(O)c1ccc2c(ccn2C)c1. The number of nitrogens with one attached hydrogen (secondary N) is 1. The number of amides is 1. The first-order chi connectivity index (χ1) is 12.0. The smallest absolute Gasteiger partial charge is 0.258 e. The van der Waals surface area contributed by atoms with Crippen LogP contribution in [0.4, 0.5) is 0 Å². The van der Waals surface area contributed by atoms with Gasteiger partial charge in [0.15, 0.2) is 6.61 Å². The number of aliphatic hydroxyl groups excluding tert-OH is 1. The average molecular weight is 338 g/mol. The first-order valence-corrected chi connectivity index (χ1v) is 8.23. The minimum atomic E-state index is -0.757. The van der Waals surface area contributed by atoms with E-state index >= 15 is 0 Å². The van der Waals surface area contributed by atoms with Crippen LogP contribution in [0.15, 0.2) is 54.7 Å². The van der Waals surface area contributed by atoms with E-state index in [1.807, 2.05) is 73.3 Å². The van der Waals surface area contributed by atoms with Crippen LogP contribution >= 0.6 is 0 Å². The molecule has 5 nitrogen and oxygen atoms in total. The predicted molar refractivity (Wildman–Crippen MR) is 97.6 cm³/mol. The molecule has 1 atom stereocenters. The Hall–Kier alpha value is -2.79. The molecule has 1 heterocycles. The number of ether oxygens (including phenoxy) is 1. The molecule has 1 aromatic heterocycles. The van der Waals surface area contributed by atoms with Crippen LogP contribution in [0, 0.1) is 6.92 Å². The van der Waals surface area contributed by atoms with E-state index in [0.717, 1.165) is 22.0 Å². The Balaban J connectivity index is 1.53. The highest BCUT2D eigenvalue weighted by molar-refractivity contribution is 5.81. The topological polar surface area (TPSA) is 63.5 Å². The lowest BCUT2D eigenvalue weighted by Crippen LogP contribution is -2.32. The molecular weight excluding hydrogens is 316 g/mol. The maximum atomic E-state index is 11.9. The number of hydrogen-bond donors (Lipinski definition) is 2. The van der Waals surface area contributed by atoms with E-state index in [0.29, 0.717) is 5.75 Å². The molecule has 0 saturated carbocycles. The largest absolute Gasteiger partial charge is 0.484 e. The van der Waals surface area contributed by atoms with Crippen LogP contribution in [0.25, 0.3) is 10.9 Å². The Labute approximate surface area is 146 Å². The molecule has 5 heteroatoms. The van der Waals surface area contributed by atoms with Gasteiger partial charge in [0.25, 0.3) is 5.91 Å². The van der Waals surface area contributed by atoms with Crippen LogP contribution < -0.4 is 10.1 Å². The number of carbonyl (C=O) groups is 1. The van der Waals surface area contributed by atoms with Crippen LogP contribution in [0.3, 0.4) is 0 Å². The lowest BCUT2D eigenvalue weighted by Gasteiger charge is -2.13. The first-order valence-electron chi connectivity index (χ1n) is 8.23. The summed E-state index contributed by atoms with van der Waals surface area (Å²) < 4.78 is 7.52. The first kappa shape index (κ1) is 17.0. The fourth-order valence-corrected chi connectivity index (χ4v) is 2.75. The average Bonchev–Trinajstić information content (AvgIpc) is 2.99. The number of para-hydroxylation sites is 1. The van der Waals surface area contributed by atoms with E-state index in [1.54, 1.807) is 0 Å². The zero-order chi connectivity index (χ0) is 17.8. The van der Waals surface area contributed by atoms with E-state index in [1.165, 1.54) is 0 Å². The van der Waals surface area contributed by atoms with Crippen molar-refractivity contribution in [1.29, 1.82) is 0 Å². The molecular formula is C20H22N2O3. The number of aromatic nitrogens is 1.